The van der Waals surface area contributed by atoms with Crippen LogP contribution >= 0.6 is 0 Å². The molecule has 3 aromatic rings. The monoisotopic (exact) mass is 294 g/mol. The second kappa shape index (κ2) is 4.70. The second-order valence-corrected chi connectivity index (χ2v) is 5.53. The van der Waals surface area contributed by atoms with Crippen LogP contribution in [0.5, 0.6) is 0 Å². The zero-order valence-corrected chi connectivity index (χ0v) is 12.1. The zero-order valence-electron chi connectivity index (χ0n) is 12.1. The summed E-state index contributed by atoms with van der Waals surface area (Å²) in [6.07, 6.45) is 2.68. The first kappa shape index (κ1) is 13.1. The van der Waals surface area contributed by atoms with E-state index >= 15 is 0 Å². The normalized spacial score (nSPS) is 13.5. The first-order chi connectivity index (χ1) is 10.7. The number of esters is 1. The summed E-state index contributed by atoms with van der Waals surface area (Å²) >= 11 is 0. The van der Waals surface area contributed by atoms with Gasteiger partial charge in [-0.2, -0.15) is 0 Å². The molecule has 1 aromatic heterocycles. The van der Waals surface area contributed by atoms with E-state index in [4.69, 9.17) is 9.15 Å². The van der Waals surface area contributed by atoms with Crippen molar-refractivity contribution in [1.82, 2.24) is 0 Å². The average molecular weight is 294 g/mol. The van der Waals surface area contributed by atoms with Crippen molar-refractivity contribution >= 4 is 27.7 Å². The molecule has 2 aromatic carbocycles. The Hall–Kier alpha value is -2.62. The van der Waals surface area contributed by atoms with Crippen LogP contribution in [0.1, 0.15) is 27.9 Å². The van der Waals surface area contributed by atoms with Gasteiger partial charge in [0, 0.05) is 10.8 Å². The van der Waals surface area contributed by atoms with Crippen molar-refractivity contribution in [3.8, 4) is 0 Å². The Bertz CT molecular complexity index is 982. The van der Waals surface area contributed by atoms with Crippen LogP contribution < -0.4 is 5.63 Å². The minimum absolute atomic E-state index is 0.396. The summed E-state index contributed by atoms with van der Waals surface area (Å²) in [7, 11) is 1.36. The summed E-state index contributed by atoms with van der Waals surface area (Å²) in [6.45, 7) is 0. The minimum Gasteiger partial charge on any atom is -0.465 e. The van der Waals surface area contributed by atoms with E-state index in [0.29, 0.717) is 16.5 Å². The molecule has 4 nitrogen and oxygen atoms in total. The first-order valence-electron chi connectivity index (χ1n) is 7.29. The van der Waals surface area contributed by atoms with E-state index in [-0.39, 0.29) is 0 Å². The molecule has 22 heavy (non-hydrogen) atoms. The molecule has 4 rings (SSSR count). The van der Waals surface area contributed by atoms with Gasteiger partial charge in [0.1, 0.15) is 5.58 Å². The number of rotatable bonds is 1. The topological polar surface area (TPSA) is 56.5 Å². The minimum atomic E-state index is -0.409. The van der Waals surface area contributed by atoms with E-state index in [1.807, 2.05) is 18.2 Å². The van der Waals surface area contributed by atoms with Gasteiger partial charge in [0.2, 0.25) is 0 Å². The van der Waals surface area contributed by atoms with Crippen LogP contribution in [-0.2, 0) is 17.6 Å². The van der Waals surface area contributed by atoms with Crippen LogP contribution in [0.25, 0.3) is 21.7 Å². The molecule has 0 saturated heterocycles. The number of carbonyl (C=O) groups is 1. The standard InChI is InChI=1S/C18H14O4/c1-21-17(19)13-9-14-16(11-7-4-6-10(11)13)12-5-2-3-8-15(12)22-18(14)20/h2-3,5,8-9H,4,6-7H2,1H3. The number of ether oxygens (including phenoxy) is 1. The molecule has 0 saturated carbocycles. The van der Waals surface area contributed by atoms with Gasteiger partial charge >= 0.3 is 11.6 Å². The Morgan fingerprint density at radius 2 is 1.91 bits per heavy atom. The van der Waals surface area contributed by atoms with Gasteiger partial charge < -0.3 is 9.15 Å². The van der Waals surface area contributed by atoms with Crippen molar-refractivity contribution in [2.24, 2.45) is 0 Å². The van der Waals surface area contributed by atoms with E-state index in [2.05, 4.69) is 0 Å². The summed E-state index contributed by atoms with van der Waals surface area (Å²) in [4.78, 5) is 24.4. The summed E-state index contributed by atoms with van der Waals surface area (Å²) in [5.74, 6) is -0.396. The lowest BCUT2D eigenvalue weighted by molar-refractivity contribution is 0.0600. The molecule has 1 aliphatic rings. The van der Waals surface area contributed by atoms with Crippen molar-refractivity contribution in [3.05, 3.63) is 57.4 Å². The second-order valence-electron chi connectivity index (χ2n) is 5.53. The van der Waals surface area contributed by atoms with Crippen molar-refractivity contribution in [2.45, 2.75) is 19.3 Å². The van der Waals surface area contributed by atoms with Gasteiger partial charge in [-0.25, -0.2) is 9.59 Å². The SMILES string of the molecule is COC(=O)c1cc2c(=O)oc3ccccc3c2c2c1CCC2. The van der Waals surface area contributed by atoms with Gasteiger partial charge in [-0.1, -0.05) is 18.2 Å². The number of fused-ring (bicyclic) bond motifs is 5. The molecule has 0 fully saturated rings. The average Bonchev–Trinajstić information content (AvgIpc) is 3.02. The van der Waals surface area contributed by atoms with Gasteiger partial charge in [-0.15, -0.1) is 0 Å². The Morgan fingerprint density at radius 3 is 2.73 bits per heavy atom. The fourth-order valence-corrected chi connectivity index (χ4v) is 3.46. The molecule has 0 bridgehead atoms. The van der Waals surface area contributed by atoms with Crippen LogP contribution in [0.2, 0.25) is 0 Å². The highest BCUT2D eigenvalue weighted by atomic mass is 16.5. The molecule has 0 spiro atoms. The van der Waals surface area contributed by atoms with Crippen molar-refractivity contribution in [1.29, 1.82) is 0 Å². The maximum Gasteiger partial charge on any atom is 0.344 e. The molecule has 4 heteroatoms. The van der Waals surface area contributed by atoms with Gasteiger partial charge in [-0.3, -0.25) is 0 Å². The molecule has 0 N–H and O–H groups in total. The molecular weight excluding hydrogens is 280 g/mol. The summed E-state index contributed by atoms with van der Waals surface area (Å²) in [6, 6.07) is 9.16. The van der Waals surface area contributed by atoms with Crippen LogP contribution in [0.4, 0.5) is 0 Å². The number of carbonyl (C=O) groups excluding carboxylic acids is 1. The van der Waals surface area contributed by atoms with Gasteiger partial charge in [0.15, 0.2) is 0 Å². The highest BCUT2D eigenvalue weighted by molar-refractivity contribution is 6.09. The summed E-state index contributed by atoms with van der Waals surface area (Å²) in [5.41, 5.74) is 2.76. The Kier molecular flexibility index (Phi) is 2.79. The molecule has 1 aliphatic carbocycles. The molecular formula is C18H14O4. The van der Waals surface area contributed by atoms with Crippen LogP contribution in [0.15, 0.2) is 39.5 Å². The van der Waals surface area contributed by atoms with Crippen LogP contribution in [0.3, 0.4) is 0 Å². The van der Waals surface area contributed by atoms with E-state index in [9.17, 15) is 9.59 Å². The number of hydrogen-bond acceptors (Lipinski definition) is 4. The zero-order chi connectivity index (χ0) is 15.3. The Balaban J connectivity index is 2.24. The number of methoxy groups -OCH3 is 1. The third kappa shape index (κ3) is 1.70. The smallest absolute Gasteiger partial charge is 0.344 e. The van der Waals surface area contributed by atoms with E-state index in [1.54, 1.807) is 12.1 Å². The lowest BCUT2D eigenvalue weighted by Crippen LogP contribution is -2.09. The van der Waals surface area contributed by atoms with Gasteiger partial charge in [-0.05, 0) is 42.5 Å². The van der Waals surface area contributed by atoms with Crippen molar-refractivity contribution in [3.63, 3.8) is 0 Å². The third-order valence-corrected chi connectivity index (χ3v) is 4.39. The Labute approximate surface area is 126 Å². The highest BCUT2D eigenvalue weighted by Gasteiger charge is 2.25. The lowest BCUT2D eigenvalue weighted by Gasteiger charge is -2.11. The maximum absolute atomic E-state index is 12.3. The maximum atomic E-state index is 12.3. The third-order valence-electron chi connectivity index (χ3n) is 4.39. The fourth-order valence-electron chi connectivity index (χ4n) is 3.46. The molecule has 0 amide bonds. The van der Waals surface area contributed by atoms with E-state index in [0.717, 1.165) is 41.2 Å². The Morgan fingerprint density at radius 1 is 1.14 bits per heavy atom. The first-order valence-corrected chi connectivity index (χ1v) is 7.29. The fraction of sp³-hybridized carbons (Fsp3) is 0.222. The predicted molar refractivity (Wildman–Crippen MR) is 83.4 cm³/mol. The van der Waals surface area contributed by atoms with Crippen LogP contribution in [0, 0.1) is 0 Å². The quantitative estimate of drug-likeness (QED) is 0.393. The largest absolute Gasteiger partial charge is 0.465 e. The number of benzene rings is 2. The summed E-state index contributed by atoms with van der Waals surface area (Å²) < 4.78 is 10.3. The molecule has 110 valence electrons. The molecule has 1 heterocycles. The molecule has 0 aliphatic heterocycles. The number of aryl methyl sites for hydroxylation is 1. The molecule has 0 radical (unpaired) electrons. The lowest BCUT2D eigenvalue weighted by atomic mass is 9.94. The number of hydrogen-bond donors (Lipinski definition) is 0. The van der Waals surface area contributed by atoms with Crippen molar-refractivity contribution in [2.75, 3.05) is 7.11 Å². The van der Waals surface area contributed by atoms with Crippen LogP contribution in [-0.4, -0.2) is 13.1 Å². The van der Waals surface area contributed by atoms with E-state index < -0.39 is 11.6 Å². The van der Waals surface area contributed by atoms with Crippen molar-refractivity contribution < 1.29 is 13.9 Å². The summed E-state index contributed by atoms with van der Waals surface area (Å²) in [5, 5.41) is 2.30. The van der Waals surface area contributed by atoms with Gasteiger partial charge in [0.05, 0.1) is 18.1 Å². The highest BCUT2D eigenvalue weighted by Crippen LogP contribution is 2.35. The molecule has 0 atom stereocenters. The number of para-hydroxylation sites is 1. The molecule has 0 unspecified atom stereocenters. The van der Waals surface area contributed by atoms with E-state index in [1.165, 1.54) is 7.11 Å². The predicted octanol–water partition coefficient (Wildman–Crippen LogP) is 3.22. The van der Waals surface area contributed by atoms with Gasteiger partial charge in [0.25, 0.3) is 0 Å².